The molecule has 0 aromatic carbocycles. The van der Waals surface area contributed by atoms with Gasteiger partial charge in [-0.2, -0.15) is 8.75 Å². The van der Waals surface area contributed by atoms with Gasteiger partial charge in [0.05, 0.1) is 11.7 Å². The third kappa shape index (κ3) is 2.52. The summed E-state index contributed by atoms with van der Waals surface area (Å²) in [5.74, 6) is 0. The van der Waals surface area contributed by atoms with Crippen LogP contribution in [-0.4, -0.2) is 8.75 Å². The maximum absolute atomic E-state index is 4.24. The monoisotopic (exact) mass is 336 g/mol. The van der Waals surface area contributed by atoms with Crippen molar-refractivity contribution in [3.63, 3.8) is 0 Å². The van der Waals surface area contributed by atoms with E-state index in [1.54, 1.807) is 0 Å². The van der Waals surface area contributed by atoms with Gasteiger partial charge >= 0.3 is 0 Å². The van der Waals surface area contributed by atoms with Crippen LogP contribution < -0.4 is 0 Å². The van der Waals surface area contributed by atoms with Crippen LogP contribution in [0, 0.1) is 0 Å². The topological polar surface area (TPSA) is 25.8 Å². The van der Waals surface area contributed by atoms with Gasteiger partial charge in [-0.25, -0.2) is 0 Å². The Morgan fingerprint density at radius 3 is 2.43 bits per heavy atom. The van der Waals surface area contributed by atoms with E-state index in [1.165, 1.54) is 17.3 Å². The zero-order valence-corrected chi connectivity index (χ0v) is 12.0. The summed E-state index contributed by atoms with van der Waals surface area (Å²) in [4.78, 5) is 0. The molecular weight excluding hydrogens is 328 g/mol. The highest BCUT2D eigenvalue weighted by molar-refractivity contribution is 9.15. The Morgan fingerprint density at radius 2 is 1.93 bits per heavy atom. The summed E-state index contributed by atoms with van der Waals surface area (Å²) in [6.45, 7) is 7.99. The molecule has 1 aromatic rings. The number of hydrogen-bond donors (Lipinski definition) is 0. The quantitative estimate of drug-likeness (QED) is 0.814. The fourth-order valence-electron chi connectivity index (χ4n) is 0.868. The third-order valence-electron chi connectivity index (χ3n) is 1.86. The van der Waals surface area contributed by atoms with E-state index in [4.69, 9.17) is 0 Å². The van der Waals surface area contributed by atoms with Crippen LogP contribution in [0.3, 0.4) is 0 Å². The number of nitrogens with zero attached hydrogens (tertiary/aromatic N) is 2. The minimum atomic E-state index is 0.766. The Hall–Kier alpha value is -0.000000000000000111. The molecule has 0 fully saturated rings. The molecule has 0 radical (unpaired) electrons. The van der Waals surface area contributed by atoms with Gasteiger partial charge in [0.25, 0.3) is 0 Å². The van der Waals surface area contributed by atoms with Gasteiger partial charge in [0, 0.05) is 8.96 Å². The Labute approximate surface area is 105 Å². The fraction of sp³-hybridized carbons (Fsp3) is 0.333. The normalized spacial score (nSPS) is 12.6. The zero-order valence-electron chi connectivity index (χ0n) is 7.97. The molecule has 0 aliphatic rings. The summed E-state index contributed by atoms with van der Waals surface area (Å²) in [6, 6.07) is 0. The maximum Gasteiger partial charge on any atom is 0.120 e. The number of hydrogen-bond acceptors (Lipinski definition) is 3. The van der Waals surface area contributed by atoms with Crippen molar-refractivity contribution in [1.29, 1.82) is 0 Å². The Morgan fingerprint density at radius 1 is 1.36 bits per heavy atom. The standard InChI is InChI=1S/C9H10Br2N2S/c1-4-5(2)7(11)9-8(6(3)10)12-14-13-9/h3-4H2,1-2H3/b7-5-. The first-order chi connectivity index (χ1) is 6.57. The second-order valence-electron chi connectivity index (χ2n) is 2.81. The summed E-state index contributed by atoms with van der Waals surface area (Å²) >= 11 is 8.05. The van der Waals surface area contributed by atoms with Gasteiger partial charge in [-0.15, -0.1) is 0 Å². The molecule has 2 nitrogen and oxygen atoms in total. The molecule has 0 spiro atoms. The van der Waals surface area contributed by atoms with Gasteiger partial charge in [0.15, 0.2) is 0 Å². The van der Waals surface area contributed by atoms with Crippen molar-refractivity contribution in [2.45, 2.75) is 20.3 Å². The molecule has 0 aliphatic carbocycles. The van der Waals surface area contributed by atoms with Crippen LogP contribution in [0.5, 0.6) is 0 Å². The van der Waals surface area contributed by atoms with E-state index < -0.39 is 0 Å². The third-order valence-corrected chi connectivity index (χ3v) is 3.81. The van der Waals surface area contributed by atoms with Crippen molar-refractivity contribution in [1.82, 2.24) is 8.75 Å². The van der Waals surface area contributed by atoms with Gasteiger partial charge in [0.1, 0.15) is 11.4 Å². The molecule has 1 aromatic heterocycles. The molecule has 0 atom stereocenters. The van der Waals surface area contributed by atoms with Crippen LogP contribution >= 0.6 is 43.6 Å². The zero-order chi connectivity index (χ0) is 10.7. The van der Waals surface area contributed by atoms with Crippen LogP contribution in [0.1, 0.15) is 31.7 Å². The molecule has 0 amide bonds. The first-order valence-electron chi connectivity index (χ1n) is 4.10. The van der Waals surface area contributed by atoms with Crippen molar-refractivity contribution in [3.8, 4) is 0 Å². The summed E-state index contributed by atoms with van der Waals surface area (Å²) in [5.41, 5.74) is 2.94. The molecule has 14 heavy (non-hydrogen) atoms. The molecule has 0 aliphatic heterocycles. The van der Waals surface area contributed by atoms with Crippen molar-refractivity contribution >= 4 is 52.6 Å². The van der Waals surface area contributed by atoms with E-state index in [2.05, 4.69) is 61.0 Å². The minimum absolute atomic E-state index is 0.766. The Balaban J connectivity index is 3.20. The Kier molecular flexibility index (Phi) is 4.47. The largest absolute Gasteiger partial charge is 0.172 e. The predicted octanol–water partition coefficient (Wildman–Crippen LogP) is 4.44. The molecule has 0 saturated carbocycles. The van der Waals surface area contributed by atoms with Gasteiger partial charge in [-0.3, -0.25) is 0 Å². The number of aromatic nitrogens is 2. The second-order valence-corrected chi connectivity index (χ2v) is 5.09. The number of allylic oxidation sites excluding steroid dienone is 1. The molecule has 0 saturated heterocycles. The summed E-state index contributed by atoms with van der Waals surface area (Å²) in [6.07, 6.45) is 0.992. The molecule has 5 heteroatoms. The van der Waals surface area contributed by atoms with Gasteiger partial charge in [-0.1, -0.05) is 19.1 Å². The van der Waals surface area contributed by atoms with Crippen LogP contribution in [0.25, 0.3) is 8.96 Å². The Bertz CT molecular complexity index is 382. The lowest BCUT2D eigenvalue weighted by Gasteiger charge is -2.02. The summed E-state index contributed by atoms with van der Waals surface area (Å²) in [5, 5.41) is 0. The van der Waals surface area contributed by atoms with Gasteiger partial charge in [-0.05, 0) is 45.2 Å². The lowest BCUT2D eigenvalue weighted by atomic mass is 10.2. The first kappa shape index (κ1) is 12.1. The molecule has 0 unspecified atom stereocenters. The highest BCUT2D eigenvalue weighted by Crippen LogP contribution is 2.32. The van der Waals surface area contributed by atoms with E-state index in [0.717, 1.165) is 26.8 Å². The predicted molar refractivity (Wildman–Crippen MR) is 69.7 cm³/mol. The van der Waals surface area contributed by atoms with E-state index >= 15 is 0 Å². The van der Waals surface area contributed by atoms with Crippen molar-refractivity contribution in [2.24, 2.45) is 0 Å². The van der Waals surface area contributed by atoms with Crippen LogP contribution in [0.2, 0.25) is 0 Å². The van der Waals surface area contributed by atoms with E-state index in [9.17, 15) is 0 Å². The molecule has 1 rings (SSSR count). The highest BCUT2D eigenvalue weighted by atomic mass is 79.9. The van der Waals surface area contributed by atoms with Crippen LogP contribution in [-0.2, 0) is 0 Å². The average molecular weight is 338 g/mol. The fourth-order valence-corrected chi connectivity index (χ4v) is 2.51. The minimum Gasteiger partial charge on any atom is -0.172 e. The van der Waals surface area contributed by atoms with Crippen LogP contribution in [0.15, 0.2) is 12.2 Å². The van der Waals surface area contributed by atoms with Crippen molar-refractivity contribution in [3.05, 3.63) is 23.5 Å². The maximum atomic E-state index is 4.24. The molecule has 0 bridgehead atoms. The number of rotatable bonds is 3. The summed E-state index contributed by atoms with van der Waals surface area (Å²) < 4.78 is 10.2. The lowest BCUT2D eigenvalue weighted by Crippen LogP contribution is -1.87. The molecular formula is C9H10Br2N2S. The lowest BCUT2D eigenvalue weighted by molar-refractivity contribution is 1.11. The molecule has 76 valence electrons. The number of halogens is 2. The van der Waals surface area contributed by atoms with E-state index in [0.29, 0.717) is 0 Å². The van der Waals surface area contributed by atoms with Gasteiger partial charge in [0.2, 0.25) is 0 Å². The molecule has 1 heterocycles. The average Bonchev–Trinajstić information content (AvgIpc) is 2.63. The second kappa shape index (κ2) is 5.19. The SMILES string of the molecule is C=C(Br)c1nsnc1/C(Br)=C(\C)CC. The molecule has 0 N–H and O–H groups in total. The first-order valence-corrected chi connectivity index (χ1v) is 6.42. The van der Waals surface area contributed by atoms with Crippen molar-refractivity contribution in [2.75, 3.05) is 0 Å². The smallest absolute Gasteiger partial charge is 0.120 e. The highest BCUT2D eigenvalue weighted by Gasteiger charge is 2.13. The van der Waals surface area contributed by atoms with Crippen LogP contribution in [0.4, 0.5) is 0 Å². The van der Waals surface area contributed by atoms with E-state index in [1.807, 2.05) is 0 Å². The van der Waals surface area contributed by atoms with Gasteiger partial charge < -0.3 is 0 Å². The summed E-state index contributed by atoms with van der Waals surface area (Å²) in [7, 11) is 0. The van der Waals surface area contributed by atoms with Crippen molar-refractivity contribution < 1.29 is 0 Å². The van der Waals surface area contributed by atoms with E-state index in [-0.39, 0.29) is 0 Å².